The lowest BCUT2D eigenvalue weighted by Crippen LogP contribution is -2.53. The van der Waals surface area contributed by atoms with Gasteiger partial charge in [-0.05, 0) is 31.0 Å². The van der Waals surface area contributed by atoms with Gasteiger partial charge in [-0.15, -0.1) is 0 Å². The lowest BCUT2D eigenvalue weighted by atomic mass is 9.86. The molecule has 258 valence electrons. The molecule has 0 aromatic heterocycles. The molecule has 2 aromatic rings. The smallest absolute Gasteiger partial charge is 0.313 e. The second kappa shape index (κ2) is 21.2. The number of aliphatic carboxylic acids is 1. The zero-order valence-electron chi connectivity index (χ0n) is 27.4. The van der Waals surface area contributed by atoms with Crippen molar-refractivity contribution in [2.75, 3.05) is 19.0 Å². The van der Waals surface area contributed by atoms with Crippen molar-refractivity contribution in [3.63, 3.8) is 0 Å². The fourth-order valence-corrected chi connectivity index (χ4v) is 3.39. The standard InChI is InChI=1S/C26H27F4N3O7.2C2H6.CH5N/c1-12(31-24(38)25(39)32-16-8-6-5-7-13(16)26(2,3)4)23(37)33-17(10-19(35)36)18(34)11-40-22-20(29)14(27)9-15(28)21(22)30;3*1-2/h5-9,12,17H,10-11H2,1-4H3,(H,31,38)(H,32,39)(H,33,37)(H,35,36);2*1-2H3;2H2,1H3/t12-,17?;;;/m0.../s1. The van der Waals surface area contributed by atoms with E-state index in [4.69, 9.17) is 5.11 Å². The molecule has 0 fully saturated rings. The van der Waals surface area contributed by atoms with E-state index in [1.807, 2.05) is 53.8 Å². The van der Waals surface area contributed by atoms with Crippen LogP contribution >= 0.6 is 0 Å². The summed E-state index contributed by atoms with van der Waals surface area (Å²) < 4.78 is 58.8. The third kappa shape index (κ3) is 13.6. The molecule has 6 N–H and O–H groups in total. The van der Waals surface area contributed by atoms with Crippen molar-refractivity contribution in [3.05, 3.63) is 59.2 Å². The third-order valence-electron chi connectivity index (χ3n) is 5.44. The molecule has 0 radical (unpaired) electrons. The van der Waals surface area contributed by atoms with Crippen molar-refractivity contribution in [3.8, 4) is 5.75 Å². The molecule has 0 saturated carbocycles. The second-order valence-corrected chi connectivity index (χ2v) is 9.66. The normalized spacial score (nSPS) is 11.3. The molecule has 11 nitrogen and oxygen atoms in total. The van der Waals surface area contributed by atoms with Gasteiger partial charge in [0.25, 0.3) is 0 Å². The number of para-hydroxylation sites is 1. The maximum absolute atomic E-state index is 13.8. The van der Waals surface area contributed by atoms with Crippen molar-refractivity contribution in [2.24, 2.45) is 5.73 Å². The highest BCUT2D eigenvalue weighted by Gasteiger charge is 2.29. The van der Waals surface area contributed by atoms with E-state index in [0.717, 1.165) is 12.5 Å². The Labute approximate surface area is 266 Å². The van der Waals surface area contributed by atoms with Crippen LogP contribution in [0.4, 0.5) is 23.2 Å². The number of benzene rings is 2. The van der Waals surface area contributed by atoms with Crippen LogP contribution < -0.4 is 26.4 Å². The number of nitrogens with one attached hydrogen (secondary N) is 3. The number of carbonyl (C=O) groups is 5. The van der Waals surface area contributed by atoms with E-state index in [0.29, 0.717) is 5.69 Å². The van der Waals surface area contributed by atoms with Gasteiger partial charge in [-0.3, -0.25) is 24.0 Å². The average Bonchev–Trinajstić information content (AvgIpc) is 3.02. The number of ketones is 1. The summed E-state index contributed by atoms with van der Waals surface area (Å²) in [4.78, 5) is 61.0. The Morgan fingerprint density at radius 2 is 1.37 bits per heavy atom. The highest BCUT2D eigenvalue weighted by Crippen LogP contribution is 2.29. The number of carboxylic acids is 1. The van der Waals surface area contributed by atoms with Gasteiger partial charge >= 0.3 is 17.8 Å². The minimum atomic E-state index is -1.93. The topological polar surface area (TPSA) is 177 Å². The molecule has 2 rings (SSSR count). The largest absolute Gasteiger partial charge is 0.481 e. The first kappa shape index (κ1) is 43.6. The van der Waals surface area contributed by atoms with Gasteiger partial charge in [0.1, 0.15) is 18.7 Å². The number of carboxylic acid groups (broad SMARTS) is 1. The summed E-state index contributed by atoms with van der Waals surface area (Å²) in [7, 11) is 1.50. The van der Waals surface area contributed by atoms with E-state index in [-0.39, 0.29) is 11.5 Å². The van der Waals surface area contributed by atoms with Crippen LogP contribution in [-0.4, -0.2) is 60.3 Å². The number of hydrogen-bond donors (Lipinski definition) is 5. The van der Waals surface area contributed by atoms with Crippen LogP contribution in [-0.2, 0) is 29.4 Å². The maximum Gasteiger partial charge on any atom is 0.313 e. The van der Waals surface area contributed by atoms with Gasteiger partial charge in [-0.25, -0.2) is 8.78 Å². The Hall–Kier alpha value is -4.53. The molecule has 0 heterocycles. The molecule has 1 unspecified atom stereocenters. The molecule has 2 aromatic carbocycles. The Morgan fingerprint density at radius 3 is 1.85 bits per heavy atom. The summed E-state index contributed by atoms with van der Waals surface area (Å²) in [6.07, 6.45) is -1.01. The molecule has 0 spiro atoms. The number of Topliss-reactive ketones (excluding diaryl/α,β-unsaturated/α-hetero) is 1. The van der Waals surface area contributed by atoms with Crippen LogP contribution in [0.5, 0.6) is 5.75 Å². The van der Waals surface area contributed by atoms with E-state index in [2.05, 4.69) is 21.1 Å². The highest BCUT2D eigenvalue weighted by atomic mass is 19.2. The van der Waals surface area contributed by atoms with E-state index in [1.54, 1.807) is 24.3 Å². The number of halogens is 4. The minimum absolute atomic E-state index is 0.0773. The lowest BCUT2D eigenvalue weighted by molar-refractivity contribution is -0.141. The van der Waals surface area contributed by atoms with Crippen LogP contribution in [0.25, 0.3) is 0 Å². The van der Waals surface area contributed by atoms with Gasteiger partial charge in [0.15, 0.2) is 23.2 Å². The van der Waals surface area contributed by atoms with Gasteiger partial charge in [0.05, 0.1) is 6.42 Å². The van der Waals surface area contributed by atoms with E-state index < -0.39 is 83.6 Å². The first-order valence-electron chi connectivity index (χ1n) is 14.3. The van der Waals surface area contributed by atoms with Crippen LogP contribution in [0.1, 0.15) is 67.4 Å². The van der Waals surface area contributed by atoms with E-state index in [9.17, 15) is 41.5 Å². The molecule has 46 heavy (non-hydrogen) atoms. The van der Waals surface area contributed by atoms with Gasteiger partial charge < -0.3 is 31.5 Å². The van der Waals surface area contributed by atoms with E-state index in [1.165, 1.54) is 7.05 Å². The zero-order chi connectivity index (χ0) is 36.4. The quantitative estimate of drug-likeness (QED) is 0.143. The van der Waals surface area contributed by atoms with Crippen molar-refractivity contribution < 1.29 is 51.4 Å². The molecule has 0 bridgehead atoms. The number of hydrogen-bond acceptors (Lipinski definition) is 7. The monoisotopic (exact) mass is 660 g/mol. The molecule has 0 aliphatic rings. The molecular weight excluding hydrogens is 616 g/mol. The zero-order valence-corrected chi connectivity index (χ0v) is 27.4. The van der Waals surface area contributed by atoms with Crippen molar-refractivity contribution >= 4 is 35.2 Å². The first-order valence-corrected chi connectivity index (χ1v) is 14.3. The van der Waals surface area contributed by atoms with Crippen molar-refractivity contribution in [1.82, 2.24) is 10.6 Å². The summed E-state index contributed by atoms with van der Waals surface area (Å²) in [5.41, 5.74) is 5.23. The molecule has 3 amide bonds. The van der Waals surface area contributed by atoms with Crippen LogP contribution in [0.2, 0.25) is 0 Å². The van der Waals surface area contributed by atoms with Gasteiger partial charge in [-0.1, -0.05) is 66.7 Å². The Morgan fingerprint density at radius 1 is 0.870 bits per heavy atom. The van der Waals surface area contributed by atoms with E-state index >= 15 is 0 Å². The van der Waals surface area contributed by atoms with Crippen LogP contribution in [0, 0.1) is 23.3 Å². The Kier molecular flexibility index (Phi) is 20.1. The summed E-state index contributed by atoms with van der Waals surface area (Å²) in [6.45, 7) is 13.6. The summed E-state index contributed by atoms with van der Waals surface area (Å²) >= 11 is 0. The third-order valence-corrected chi connectivity index (χ3v) is 5.44. The number of rotatable bonds is 10. The average molecular weight is 661 g/mol. The summed E-state index contributed by atoms with van der Waals surface area (Å²) in [5.74, 6) is -15.2. The number of carbonyl (C=O) groups excluding carboxylic acids is 4. The van der Waals surface area contributed by atoms with Gasteiger partial charge in [0.2, 0.25) is 17.5 Å². The fourth-order valence-electron chi connectivity index (χ4n) is 3.39. The van der Waals surface area contributed by atoms with Gasteiger partial charge in [0, 0.05) is 11.8 Å². The maximum atomic E-state index is 13.8. The molecule has 2 atom stereocenters. The summed E-state index contributed by atoms with van der Waals surface area (Å²) in [5, 5.41) is 15.7. The minimum Gasteiger partial charge on any atom is -0.481 e. The Balaban J connectivity index is 0. The summed E-state index contributed by atoms with van der Waals surface area (Å²) in [6, 6.07) is 3.39. The second-order valence-electron chi connectivity index (χ2n) is 9.66. The van der Waals surface area contributed by atoms with Crippen LogP contribution in [0.3, 0.4) is 0 Å². The number of anilines is 1. The predicted octanol–water partition coefficient (Wildman–Crippen LogP) is 4.22. The molecule has 15 heteroatoms. The van der Waals surface area contributed by atoms with Crippen LogP contribution in [0.15, 0.2) is 30.3 Å². The first-order chi connectivity index (χ1) is 21.5. The fraction of sp³-hybridized carbons (Fsp3) is 0.452. The predicted molar refractivity (Wildman–Crippen MR) is 165 cm³/mol. The number of nitrogens with two attached hydrogens (primary N) is 1. The van der Waals surface area contributed by atoms with Gasteiger partial charge in [-0.2, -0.15) is 8.78 Å². The lowest BCUT2D eigenvalue weighted by Gasteiger charge is -2.23. The van der Waals surface area contributed by atoms with Crippen molar-refractivity contribution in [2.45, 2.75) is 79.3 Å². The highest BCUT2D eigenvalue weighted by molar-refractivity contribution is 6.40. The van der Waals surface area contributed by atoms with Crippen molar-refractivity contribution in [1.29, 1.82) is 0 Å². The molecular formula is C31H44F4N4O7. The SMILES string of the molecule is CC.CC.CN.C[C@H](NC(=O)C(=O)Nc1ccccc1C(C)(C)C)C(=O)NC(CC(=O)O)C(=O)COc1c(F)c(F)cc(F)c1F. The molecule has 0 aliphatic carbocycles. The number of ether oxygens (including phenoxy) is 1. The Bertz CT molecular complexity index is 1310. The number of amides is 3. The molecule has 0 aliphatic heterocycles. The molecule has 0 saturated heterocycles.